The van der Waals surface area contributed by atoms with Crippen LogP contribution in [0.5, 0.6) is 11.5 Å². The highest BCUT2D eigenvalue weighted by Crippen LogP contribution is 2.29. The van der Waals surface area contributed by atoms with Gasteiger partial charge in [0.25, 0.3) is 5.91 Å². The van der Waals surface area contributed by atoms with Crippen molar-refractivity contribution in [3.8, 4) is 11.5 Å². The Hall–Kier alpha value is -3.02. The first-order chi connectivity index (χ1) is 11.6. The molecule has 0 aliphatic carbocycles. The van der Waals surface area contributed by atoms with Gasteiger partial charge in [-0.2, -0.15) is 0 Å². The van der Waals surface area contributed by atoms with Crippen LogP contribution in [0, 0.1) is 0 Å². The molecule has 6 heteroatoms. The first kappa shape index (κ1) is 15.9. The maximum atomic E-state index is 12.6. The molecule has 1 aliphatic rings. The number of imide groups is 1. The fraction of sp³-hybridized carbons (Fsp3) is 0.222. The van der Waals surface area contributed by atoms with Crippen LogP contribution in [0.25, 0.3) is 0 Å². The molecule has 2 aromatic carbocycles. The number of benzene rings is 2. The summed E-state index contributed by atoms with van der Waals surface area (Å²) < 4.78 is 10.4. The number of nitrogens with one attached hydrogen (secondary N) is 1. The number of rotatable bonds is 5. The molecule has 1 heterocycles. The molecule has 0 aromatic heterocycles. The Kier molecular flexibility index (Phi) is 4.37. The molecule has 2 amide bonds. The molecule has 1 aliphatic heterocycles. The highest BCUT2D eigenvalue weighted by Gasteiger charge is 2.39. The van der Waals surface area contributed by atoms with E-state index in [-0.39, 0.29) is 18.2 Å². The molecule has 1 saturated heterocycles. The Morgan fingerprint density at radius 1 is 1.00 bits per heavy atom. The minimum atomic E-state index is -0.615. The van der Waals surface area contributed by atoms with Crippen molar-refractivity contribution in [3.63, 3.8) is 0 Å². The first-order valence-corrected chi connectivity index (χ1v) is 7.54. The minimum absolute atomic E-state index is 0.100. The SMILES string of the molecule is COc1ccc(N2C(=O)CC(Nc3ccccc3OC)C2=O)cc1. The normalized spacial score (nSPS) is 17.1. The molecule has 3 rings (SSSR count). The van der Waals surface area contributed by atoms with Crippen molar-refractivity contribution >= 4 is 23.2 Å². The number of para-hydroxylation sites is 2. The van der Waals surface area contributed by atoms with Crippen LogP contribution in [0.2, 0.25) is 0 Å². The van der Waals surface area contributed by atoms with Gasteiger partial charge in [-0.3, -0.25) is 9.59 Å². The molecule has 24 heavy (non-hydrogen) atoms. The summed E-state index contributed by atoms with van der Waals surface area (Å²) in [6, 6.07) is 13.5. The van der Waals surface area contributed by atoms with Crippen molar-refractivity contribution in [3.05, 3.63) is 48.5 Å². The number of nitrogens with zero attached hydrogens (tertiary/aromatic N) is 1. The molecule has 1 atom stereocenters. The van der Waals surface area contributed by atoms with Crippen molar-refractivity contribution in [1.82, 2.24) is 0 Å². The third-order valence-corrected chi connectivity index (χ3v) is 3.91. The quantitative estimate of drug-likeness (QED) is 0.855. The lowest BCUT2D eigenvalue weighted by Gasteiger charge is -2.17. The summed E-state index contributed by atoms with van der Waals surface area (Å²) in [5, 5.41) is 3.10. The Morgan fingerprint density at radius 2 is 1.71 bits per heavy atom. The van der Waals surface area contributed by atoms with E-state index in [4.69, 9.17) is 9.47 Å². The van der Waals surface area contributed by atoms with Gasteiger partial charge in [0, 0.05) is 0 Å². The van der Waals surface area contributed by atoms with Crippen molar-refractivity contribution in [2.45, 2.75) is 12.5 Å². The third kappa shape index (κ3) is 2.90. The number of ether oxygens (including phenoxy) is 2. The third-order valence-electron chi connectivity index (χ3n) is 3.91. The van der Waals surface area contributed by atoms with Gasteiger partial charge in [0.2, 0.25) is 5.91 Å². The van der Waals surface area contributed by atoms with Gasteiger partial charge in [-0.05, 0) is 36.4 Å². The second-order valence-corrected chi connectivity index (χ2v) is 5.37. The summed E-state index contributed by atoms with van der Waals surface area (Å²) in [6.45, 7) is 0. The van der Waals surface area contributed by atoms with E-state index in [2.05, 4.69) is 5.32 Å². The number of carbonyl (C=O) groups is 2. The first-order valence-electron chi connectivity index (χ1n) is 7.54. The van der Waals surface area contributed by atoms with E-state index >= 15 is 0 Å². The molecule has 124 valence electrons. The summed E-state index contributed by atoms with van der Waals surface area (Å²) in [5.74, 6) is 0.774. The highest BCUT2D eigenvalue weighted by molar-refractivity contribution is 6.23. The van der Waals surface area contributed by atoms with E-state index in [9.17, 15) is 9.59 Å². The second-order valence-electron chi connectivity index (χ2n) is 5.37. The van der Waals surface area contributed by atoms with Crippen LogP contribution < -0.4 is 19.7 Å². The predicted octanol–water partition coefficient (Wildman–Crippen LogP) is 2.45. The van der Waals surface area contributed by atoms with Crippen molar-refractivity contribution in [2.24, 2.45) is 0 Å². The Labute approximate surface area is 140 Å². The maximum absolute atomic E-state index is 12.6. The molecule has 0 bridgehead atoms. The van der Waals surface area contributed by atoms with E-state index in [1.807, 2.05) is 18.2 Å². The average molecular weight is 326 g/mol. The number of anilines is 2. The molecule has 0 spiro atoms. The fourth-order valence-electron chi connectivity index (χ4n) is 2.70. The van der Waals surface area contributed by atoms with Gasteiger partial charge in [-0.15, -0.1) is 0 Å². The minimum Gasteiger partial charge on any atom is -0.497 e. The molecule has 0 saturated carbocycles. The second kappa shape index (κ2) is 6.62. The van der Waals surface area contributed by atoms with Crippen LogP contribution >= 0.6 is 0 Å². The summed E-state index contributed by atoms with van der Waals surface area (Å²) in [6.07, 6.45) is 0.100. The number of methoxy groups -OCH3 is 2. The highest BCUT2D eigenvalue weighted by atomic mass is 16.5. The van der Waals surface area contributed by atoms with E-state index in [1.54, 1.807) is 44.6 Å². The summed E-state index contributed by atoms with van der Waals surface area (Å²) in [4.78, 5) is 26.1. The van der Waals surface area contributed by atoms with Crippen LogP contribution in [-0.2, 0) is 9.59 Å². The van der Waals surface area contributed by atoms with E-state index in [1.165, 1.54) is 4.90 Å². The molecule has 1 fully saturated rings. The van der Waals surface area contributed by atoms with Gasteiger partial charge in [0.1, 0.15) is 17.5 Å². The van der Waals surface area contributed by atoms with E-state index < -0.39 is 6.04 Å². The molecule has 2 aromatic rings. The van der Waals surface area contributed by atoms with Crippen LogP contribution in [0.3, 0.4) is 0 Å². The van der Waals surface area contributed by atoms with Crippen LogP contribution in [0.1, 0.15) is 6.42 Å². The predicted molar refractivity (Wildman–Crippen MR) is 90.5 cm³/mol. The number of hydrogen-bond acceptors (Lipinski definition) is 5. The lowest BCUT2D eigenvalue weighted by molar-refractivity contribution is -0.121. The number of amides is 2. The largest absolute Gasteiger partial charge is 0.497 e. The average Bonchev–Trinajstić information content (AvgIpc) is 2.89. The van der Waals surface area contributed by atoms with Crippen LogP contribution in [-0.4, -0.2) is 32.1 Å². The van der Waals surface area contributed by atoms with E-state index in [0.29, 0.717) is 22.9 Å². The van der Waals surface area contributed by atoms with Gasteiger partial charge in [0.15, 0.2) is 0 Å². The number of carbonyl (C=O) groups excluding carboxylic acids is 2. The zero-order valence-corrected chi connectivity index (χ0v) is 13.5. The smallest absolute Gasteiger partial charge is 0.256 e. The lowest BCUT2D eigenvalue weighted by Crippen LogP contribution is -2.34. The zero-order valence-electron chi connectivity index (χ0n) is 13.5. The van der Waals surface area contributed by atoms with Gasteiger partial charge in [-0.1, -0.05) is 12.1 Å². The molecule has 6 nitrogen and oxygen atoms in total. The van der Waals surface area contributed by atoms with Crippen molar-refractivity contribution in [1.29, 1.82) is 0 Å². The molecule has 1 N–H and O–H groups in total. The maximum Gasteiger partial charge on any atom is 0.256 e. The van der Waals surface area contributed by atoms with Crippen LogP contribution in [0.15, 0.2) is 48.5 Å². The Bertz CT molecular complexity index is 758. The fourth-order valence-corrected chi connectivity index (χ4v) is 2.70. The van der Waals surface area contributed by atoms with Crippen molar-refractivity contribution < 1.29 is 19.1 Å². The van der Waals surface area contributed by atoms with E-state index in [0.717, 1.165) is 0 Å². The molecule has 0 radical (unpaired) electrons. The topological polar surface area (TPSA) is 67.9 Å². The van der Waals surface area contributed by atoms with Crippen LogP contribution in [0.4, 0.5) is 11.4 Å². The zero-order chi connectivity index (χ0) is 17.1. The van der Waals surface area contributed by atoms with Gasteiger partial charge < -0.3 is 14.8 Å². The molecule has 1 unspecified atom stereocenters. The number of hydrogen-bond donors (Lipinski definition) is 1. The molecular weight excluding hydrogens is 308 g/mol. The monoisotopic (exact) mass is 326 g/mol. The standard InChI is InChI=1S/C18H18N2O4/c1-23-13-9-7-12(8-10-13)20-17(21)11-15(18(20)22)19-14-5-3-4-6-16(14)24-2/h3-10,15,19H,11H2,1-2H3. The van der Waals surface area contributed by atoms with Gasteiger partial charge in [-0.25, -0.2) is 4.90 Å². The summed E-state index contributed by atoms with van der Waals surface area (Å²) in [5.41, 5.74) is 1.22. The lowest BCUT2D eigenvalue weighted by atomic mass is 10.2. The van der Waals surface area contributed by atoms with Crippen molar-refractivity contribution in [2.75, 3.05) is 24.4 Å². The van der Waals surface area contributed by atoms with Gasteiger partial charge in [0.05, 0.1) is 32.0 Å². The summed E-state index contributed by atoms with van der Waals surface area (Å²) in [7, 11) is 3.13. The van der Waals surface area contributed by atoms with Gasteiger partial charge >= 0.3 is 0 Å². The Morgan fingerprint density at radius 3 is 2.38 bits per heavy atom. The molecular formula is C18H18N2O4. The Balaban J connectivity index is 1.80. The summed E-state index contributed by atoms with van der Waals surface area (Å²) >= 11 is 0.